The lowest BCUT2D eigenvalue weighted by Gasteiger charge is -2.24. The Balaban J connectivity index is 1.54. The summed E-state index contributed by atoms with van der Waals surface area (Å²) in [6.45, 7) is 4.02. The summed E-state index contributed by atoms with van der Waals surface area (Å²) in [6, 6.07) is 3.77. The molecular weight excluding hydrogens is 540 g/mol. The summed E-state index contributed by atoms with van der Waals surface area (Å²) in [5, 5.41) is 22.2. The van der Waals surface area contributed by atoms with Crippen molar-refractivity contribution in [1.82, 2.24) is 0 Å². The second-order valence-electron chi connectivity index (χ2n) is 9.73. The zero-order valence-electron chi connectivity index (χ0n) is 20.9. The van der Waals surface area contributed by atoms with Crippen molar-refractivity contribution in [3.8, 4) is 12.1 Å². The summed E-state index contributed by atoms with van der Waals surface area (Å²) in [7, 11) is 0. The molecule has 2 aliphatic carbocycles. The van der Waals surface area contributed by atoms with E-state index in [9.17, 15) is 37.7 Å². The Morgan fingerprint density at radius 3 is 1.50 bits per heavy atom. The van der Waals surface area contributed by atoms with Gasteiger partial charge in [0.25, 0.3) is 0 Å². The quantitative estimate of drug-likeness (QED) is 0.377. The van der Waals surface area contributed by atoms with E-state index in [0.717, 1.165) is 58.1 Å². The van der Waals surface area contributed by atoms with Crippen molar-refractivity contribution in [2.75, 3.05) is 10.6 Å². The summed E-state index contributed by atoms with van der Waals surface area (Å²) >= 11 is 1.85. The average Bonchev–Trinajstić information content (AvgIpc) is 3.43. The third kappa shape index (κ3) is 4.80. The van der Waals surface area contributed by atoms with Gasteiger partial charge in [0.1, 0.15) is 22.1 Å². The SMILES string of the molecule is CCC1CCc2c(sc(NC(=O)C(F)(F)C(F)(F)C(=O)Nc3sc4c(c3C#N)CCC(CC)C4)c2C#N)C1. The maximum absolute atomic E-state index is 14.8. The number of hydrogen-bond acceptors (Lipinski definition) is 6. The van der Waals surface area contributed by atoms with Crippen LogP contribution >= 0.6 is 22.7 Å². The molecule has 0 aliphatic heterocycles. The van der Waals surface area contributed by atoms with E-state index < -0.39 is 23.7 Å². The molecule has 2 aliphatic rings. The van der Waals surface area contributed by atoms with E-state index in [1.165, 1.54) is 0 Å². The number of alkyl halides is 4. The Hall–Kier alpha value is -2.96. The fraction of sp³-hybridized carbons (Fsp3) is 0.538. The highest BCUT2D eigenvalue weighted by atomic mass is 32.1. The molecule has 0 radical (unpaired) electrons. The molecule has 202 valence electrons. The number of halogens is 4. The molecule has 38 heavy (non-hydrogen) atoms. The van der Waals surface area contributed by atoms with Gasteiger partial charge in [-0.2, -0.15) is 28.1 Å². The second kappa shape index (κ2) is 10.7. The van der Waals surface area contributed by atoms with Crippen LogP contribution in [0.3, 0.4) is 0 Å². The molecule has 4 rings (SSSR count). The first-order valence-electron chi connectivity index (χ1n) is 12.5. The molecule has 2 aromatic rings. The lowest BCUT2D eigenvalue weighted by Crippen LogP contribution is -2.56. The molecule has 2 heterocycles. The molecule has 12 heteroatoms. The lowest BCUT2D eigenvalue weighted by molar-refractivity contribution is -0.204. The Morgan fingerprint density at radius 2 is 1.18 bits per heavy atom. The van der Waals surface area contributed by atoms with Gasteiger partial charge in [-0.05, 0) is 61.5 Å². The Morgan fingerprint density at radius 1 is 0.816 bits per heavy atom. The van der Waals surface area contributed by atoms with E-state index in [0.29, 0.717) is 48.6 Å². The summed E-state index contributed by atoms with van der Waals surface area (Å²) in [4.78, 5) is 26.4. The first-order valence-corrected chi connectivity index (χ1v) is 14.1. The number of amides is 2. The fourth-order valence-electron chi connectivity index (χ4n) is 5.07. The minimum atomic E-state index is -5.42. The van der Waals surface area contributed by atoms with Crippen molar-refractivity contribution in [1.29, 1.82) is 10.5 Å². The highest BCUT2D eigenvalue weighted by Gasteiger charge is 2.67. The molecule has 2 amide bonds. The number of hydrogen-bond donors (Lipinski definition) is 2. The molecule has 0 fully saturated rings. The fourth-order valence-corrected chi connectivity index (χ4v) is 7.68. The smallest absolute Gasteiger partial charge is 0.311 e. The van der Waals surface area contributed by atoms with Crippen LogP contribution in [0.2, 0.25) is 0 Å². The second-order valence-corrected chi connectivity index (χ2v) is 11.9. The summed E-state index contributed by atoms with van der Waals surface area (Å²) in [5.41, 5.74) is 1.26. The largest absolute Gasteiger partial charge is 0.396 e. The highest BCUT2D eigenvalue weighted by Crippen LogP contribution is 2.44. The molecule has 0 aromatic carbocycles. The monoisotopic (exact) mass is 566 g/mol. The van der Waals surface area contributed by atoms with Gasteiger partial charge in [-0.25, -0.2) is 0 Å². The normalized spacial score (nSPS) is 19.1. The van der Waals surface area contributed by atoms with Crippen LogP contribution in [-0.4, -0.2) is 23.7 Å². The molecule has 2 N–H and O–H groups in total. The van der Waals surface area contributed by atoms with Crippen LogP contribution < -0.4 is 10.6 Å². The highest BCUT2D eigenvalue weighted by molar-refractivity contribution is 7.17. The van der Waals surface area contributed by atoms with E-state index in [-0.39, 0.29) is 21.1 Å². The molecule has 2 atom stereocenters. The third-order valence-electron chi connectivity index (χ3n) is 7.53. The first-order chi connectivity index (χ1) is 18.0. The van der Waals surface area contributed by atoms with Crippen molar-refractivity contribution >= 4 is 44.5 Å². The van der Waals surface area contributed by atoms with Crippen molar-refractivity contribution < 1.29 is 27.2 Å². The van der Waals surface area contributed by atoms with Crippen molar-refractivity contribution in [3.63, 3.8) is 0 Å². The Bertz CT molecular complexity index is 1250. The molecule has 2 aromatic heterocycles. The van der Waals surface area contributed by atoms with Gasteiger partial charge in [-0.15, -0.1) is 22.7 Å². The van der Waals surface area contributed by atoms with Gasteiger partial charge < -0.3 is 10.6 Å². The van der Waals surface area contributed by atoms with E-state index in [1.807, 2.05) is 26.0 Å². The van der Waals surface area contributed by atoms with E-state index in [2.05, 4.69) is 0 Å². The third-order valence-corrected chi connectivity index (χ3v) is 9.87. The number of nitriles is 2. The summed E-state index contributed by atoms with van der Waals surface area (Å²) < 4.78 is 59.3. The molecular formula is C26H26F4N4O2S2. The molecule has 0 bridgehead atoms. The number of fused-ring (bicyclic) bond motifs is 2. The predicted octanol–water partition coefficient (Wildman–Crippen LogP) is 6.43. The van der Waals surface area contributed by atoms with Gasteiger partial charge in [0.05, 0.1) is 11.1 Å². The standard InChI is InChI=1S/C26H26F4N4O2S2/c1-3-13-5-7-15-17(11-31)21(37-19(15)9-13)33-23(35)25(27,28)26(29,30)24(36)34-22-18(12-32)16-8-6-14(4-2)10-20(16)38-22/h13-14H,3-10H2,1-2H3,(H,33,35)(H,34,36). The van der Waals surface area contributed by atoms with E-state index in [4.69, 9.17) is 0 Å². The molecule has 2 unspecified atom stereocenters. The predicted molar refractivity (Wildman–Crippen MR) is 137 cm³/mol. The lowest BCUT2D eigenvalue weighted by atomic mass is 9.86. The summed E-state index contributed by atoms with van der Waals surface area (Å²) in [6.07, 6.45) is 5.66. The minimum Gasteiger partial charge on any atom is -0.311 e. The maximum Gasteiger partial charge on any atom is 0.396 e. The topological polar surface area (TPSA) is 106 Å². The number of nitrogens with one attached hydrogen (secondary N) is 2. The Labute approximate surface area is 225 Å². The van der Waals surface area contributed by atoms with Crippen LogP contribution in [0, 0.1) is 34.5 Å². The number of rotatable bonds is 7. The van der Waals surface area contributed by atoms with Gasteiger partial charge in [0.15, 0.2) is 0 Å². The molecule has 0 saturated carbocycles. The van der Waals surface area contributed by atoms with E-state index in [1.54, 1.807) is 10.6 Å². The van der Waals surface area contributed by atoms with Crippen LogP contribution in [0.25, 0.3) is 0 Å². The van der Waals surface area contributed by atoms with Gasteiger partial charge >= 0.3 is 23.7 Å². The van der Waals surface area contributed by atoms with Crippen LogP contribution in [-0.2, 0) is 35.3 Å². The average molecular weight is 567 g/mol. The first kappa shape index (κ1) is 28.1. The van der Waals surface area contributed by atoms with Gasteiger partial charge in [0.2, 0.25) is 0 Å². The van der Waals surface area contributed by atoms with Crippen molar-refractivity contribution in [2.45, 2.75) is 77.1 Å². The van der Waals surface area contributed by atoms with Crippen molar-refractivity contribution in [2.24, 2.45) is 11.8 Å². The number of anilines is 2. The van der Waals surface area contributed by atoms with E-state index >= 15 is 0 Å². The molecule has 6 nitrogen and oxygen atoms in total. The van der Waals surface area contributed by atoms with Crippen LogP contribution in [0.5, 0.6) is 0 Å². The number of carbonyl (C=O) groups is 2. The van der Waals surface area contributed by atoms with Gasteiger partial charge in [-0.3, -0.25) is 9.59 Å². The summed E-state index contributed by atoms with van der Waals surface area (Å²) in [5.74, 6) is -14.9. The van der Waals surface area contributed by atoms with Gasteiger partial charge in [-0.1, -0.05) is 26.7 Å². The van der Waals surface area contributed by atoms with Crippen LogP contribution in [0.1, 0.15) is 71.5 Å². The minimum absolute atomic E-state index is 0.00955. The number of thiophene rings is 2. The maximum atomic E-state index is 14.8. The molecule has 0 saturated heterocycles. The molecule has 0 spiro atoms. The van der Waals surface area contributed by atoms with Crippen molar-refractivity contribution in [3.05, 3.63) is 32.0 Å². The number of nitrogens with zero attached hydrogens (tertiary/aromatic N) is 2. The van der Waals surface area contributed by atoms with Crippen LogP contribution in [0.15, 0.2) is 0 Å². The zero-order valence-corrected chi connectivity index (χ0v) is 22.5. The zero-order chi connectivity index (χ0) is 27.8. The number of carbonyl (C=O) groups excluding carboxylic acids is 2. The Kier molecular flexibility index (Phi) is 7.87. The van der Waals surface area contributed by atoms with Gasteiger partial charge in [0, 0.05) is 9.75 Å². The van der Waals surface area contributed by atoms with Crippen LogP contribution in [0.4, 0.5) is 27.6 Å².